The Balaban J connectivity index is 1.34. The molecule has 34 heavy (non-hydrogen) atoms. The molecule has 0 aliphatic heterocycles. The van der Waals surface area contributed by atoms with Crippen molar-refractivity contribution in [2.24, 2.45) is 5.73 Å². The number of rotatable bonds is 10. The van der Waals surface area contributed by atoms with E-state index in [-0.39, 0.29) is 0 Å². The Labute approximate surface area is 199 Å². The highest BCUT2D eigenvalue weighted by Gasteiger charge is 2.08. The molecule has 0 spiro atoms. The molecular formula is C28H27N3O3. The van der Waals surface area contributed by atoms with E-state index >= 15 is 0 Å². The van der Waals surface area contributed by atoms with Gasteiger partial charge in [0.05, 0.1) is 11.8 Å². The fraction of sp³-hybridized carbons (Fsp3) is 0.143. The average Bonchev–Trinajstić information content (AvgIpc) is 3.37. The van der Waals surface area contributed by atoms with Gasteiger partial charge in [-0.05, 0) is 66.6 Å². The van der Waals surface area contributed by atoms with Crippen molar-refractivity contribution in [3.05, 3.63) is 114 Å². The van der Waals surface area contributed by atoms with Crippen molar-refractivity contribution in [3.8, 4) is 11.6 Å². The van der Waals surface area contributed by atoms with Crippen LogP contribution in [0.25, 0.3) is 11.6 Å². The van der Waals surface area contributed by atoms with Crippen molar-refractivity contribution < 1.29 is 13.9 Å². The molecule has 0 unspecified atom stereocenters. The molecule has 0 saturated carbocycles. The van der Waals surface area contributed by atoms with Gasteiger partial charge in [-0.15, -0.1) is 0 Å². The Morgan fingerprint density at radius 2 is 1.79 bits per heavy atom. The van der Waals surface area contributed by atoms with Crippen LogP contribution in [0, 0.1) is 0 Å². The minimum Gasteiger partial charge on any atom is -0.465 e. The van der Waals surface area contributed by atoms with Gasteiger partial charge in [-0.3, -0.25) is 4.79 Å². The van der Waals surface area contributed by atoms with Crippen LogP contribution in [-0.2, 0) is 6.42 Å². The first-order valence-corrected chi connectivity index (χ1v) is 11.1. The lowest BCUT2D eigenvalue weighted by atomic mass is 10.0. The molecule has 0 fully saturated rings. The number of aromatic nitrogens is 1. The maximum Gasteiger partial charge on any atom is 0.250 e. The first-order valence-electron chi connectivity index (χ1n) is 11.1. The first kappa shape index (κ1) is 23.0. The van der Waals surface area contributed by atoms with Gasteiger partial charge in [0.2, 0.25) is 11.8 Å². The van der Waals surface area contributed by atoms with Gasteiger partial charge >= 0.3 is 0 Å². The summed E-state index contributed by atoms with van der Waals surface area (Å²) in [6.07, 6.45) is 6.11. The zero-order chi connectivity index (χ0) is 23.8. The third kappa shape index (κ3) is 6.43. The highest BCUT2D eigenvalue weighted by atomic mass is 16.5. The molecular weight excluding hydrogens is 426 g/mol. The number of nitrogens with zero attached hydrogens (tertiary/aromatic N) is 2. The number of ether oxygens (including phenoxy) is 1. The van der Waals surface area contributed by atoms with Gasteiger partial charge in [0.15, 0.2) is 0 Å². The molecule has 0 aliphatic rings. The highest BCUT2D eigenvalue weighted by molar-refractivity contribution is 5.92. The summed E-state index contributed by atoms with van der Waals surface area (Å²) in [6, 6.07) is 25.4. The molecule has 2 heterocycles. The van der Waals surface area contributed by atoms with Crippen molar-refractivity contribution in [1.82, 2.24) is 9.88 Å². The van der Waals surface area contributed by atoms with Crippen LogP contribution in [0.4, 0.5) is 0 Å². The summed E-state index contributed by atoms with van der Waals surface area (Å²) in [5, 5.41) is 0. The quantitative estimate of drug-likeness (QED) is 0.353. The summed E-state index contributed by atoms with van der Waals surface area (Å²) >= 11 is 0. The summed E-state index contributed by atoms with van der Waals surface area (Å²) < 4.78 is 11.3. The molecule has 0 atom stereocenters. The van der Waals surface area contributed by atoms with Gasteiger partial charge in [-0.1, -0.05) is 42.5 Å². The molecule has 2 N–H and O–H groups in total. The fourth-order valence-electron chi connectivity index (χ4n) is 3.54. The van der Waals surface area contributed by atoms with E-state index in [1.165, 1.54) is 22.9 Å². The van der Waals surface area contributed by atoms with E-state index in [2.05, 4.69) is 59.4 Å². The molecule has 0 aliphatic carbocycles. The summed E-state index contributed by atoms with van der Waals surface area (Å²) in [4.78, 5) is 17.6. The molecule has 6 heteroatoms. The third-order valence-electron chi connectivity index (χ3n) is 5.39. The second-order valence-corrected chi connectivity index (χ2v) is 8.03. The lowest BCUT2D eigenvalue weighted by Crippen LogP contribution is -2.23. The van der Waals surface area contributed by atoms with Crippen molar-refractivity contribution >= 4 is 17.6 Å². The maximum atomic E-state index is 11.2. The number of hydrogen-bond acceptors (Lipinski definition) is 5. The lowest BCUT2D eigenvalue weighted by molar-refractivity contribution is 0.1000. The van der Waals surface area contributed by atoms with E-state index in [0.717, 1.165) is 25.3 Å². The molecule has 0 radical (unpaired) electrons. The summed E-state index contributed by atoms with van der Waals surface area (Å²) in [5.74, 6) is 1.43. The normalized spacial score (nSPS) is 11.5. The molecule has 2 aromatic heterocycles. The van der Waals surface area contributed by atoms with Gasteiger partial charge in [0.1, 0.15) is 11.5 Å². The number of likely N-dealkylation sites (N-methyl/N-ethyl adjacent to an activating group) is 1. The second kappa shape index (κ2) is 11.1. The summed E-state index contributed by atoms with van der Waals surface area (Å²) in [5.41, 5.74) is 9.19. The predicted octanol–water partition coefficient (Wildman–Crippen LogP) is 5.28. The number of carbonyl (C=O) groups is 1. The monoisotopic (exact) mass is 453 g/mol. The van der Waals surface area contributed by atoms with Crippen LogP contribution in [0.1, 0.15) is 27.2 Å². The third-order valence-corrected chi connectivity index (χ3v) is 5.39. The Bertz CT molecular complexity index is 1220. The number of amides is 1. The number of nitrogens with two attached hydrogens (primary N) is 1. The first-order chi connectivity index (χ1) is 16.6. The fourth-order valence-corrected chi connectivity index (χ4v) is 3.54. The Kier molecular flexibility index (Phi) is 7.53. The van der Waals surface area contributed by atoms with E-state index in [9.17, 15) is 4.79 Å². The van der Waals surface area contributed by atoms with E-state index in [1.807, 2.05) is 30.3 Å². The maximum absolute atomic E-state index is 11.2. The van der Waals surface area contributed by atoms with Gasteiger partial charge in [0.25, 0.3) is 0 Å². The zero-order valence-corrected chi connectivity index (χ0v) is 19.1. The van der Waals surface area contributed by atoms with Gasteiger partial charge in [-0.2, -0.15) is 0 Å². The summed E-state index contributed by atoms with van der Waals surface area (Å²) in [6.45, 7) is 1.71. The van der Waals surface area contributed by atoms with Gasteiger partial charge in [-0.25, -0.2) is 4.98 Å². The molecule has 4 aromatic rings. The van der Waals surface area contributed by atoms with E-state index < -0.39 is 5.91 Å². The van der Waals surface area contributed by atoms with E-state index in [4.69, 9.17) is 14.9 Å². The molecule has 0 saturated heterocycles. The number of benzene rings is 2. The number of primary amides is 1. The standard InChI is InChI=1S/C28H27N3O3/c1-31(20-24(18-26-8-5-17-33-26)22-6-3-2-4-7-22)16-15-21-9-12-25(13-10-21)34-27-14-11-23(19-30-27)28(29)32/h2-14,17-19H,15-16,20H2,1H3,(H2,29,32). The van der Waals surface area contributed by atoms with E-state index in [1.54, 1.807) is 18.4 Å². The van der Waals surface area contributed by atoms with Crippen molar-refractivity contribution in [2.75, 3.05) is 20.1 Å². The van der Waals surface area contributed by atoms with E-state index in [0.29, 0.717) is 17.2 Å². The molecule has 1 amide bonds. The SMILES string of the molecule is CN(CCc1ccc(Oc2ccc(C(N)=O)cn2)cc1)CC(=Cc1ccco1)c1ccccc1. The molecule has 6 nitrogen and oxygen atoms in total. The van der Waals surface area contributed by atoms with Crippen LogP contribution in [0.3, 0.4) is 0 Å². The Hall–Kier alpha value is -4.16. The van der Waals surface area contributed by atoms with Crippen LogP contribution in [0.15, 0.2) is 95.7 Å². The molecule has 2 aromatic carbocycles. The van der Waals surface area contributed by atoms with Gasteiger partial charge in [0, 0.05) is 25.4 Å². The Morgan fingerprint density at radius 1 is 1.00 bits per heavy atom. The van der Waals surface area contributed by atoms with Crippen LogP contribution in [0.2, 0.25) is 0 Å². The predicted molar refractivity (Wildman–Crippen MR) is 133 cm³/mol. The second-order valence-electron chi connectivity index (χ2n) is 8.03. The van der Waals surface area contributed by atoms with Crippen molar-refractivity contribution in [1.29, 1.82) is 0 Å². The summed E-state index contributed by atoms with van der Waals surface area (Å²) in [7, 11) is 2.12. The van der Waals surface area contributed by atoms with Crippen molar-refractivity contribution in [2.45, 2.75) is 6.42 Å². The minimum absolute atomic E-state index is 0.348. The van der Waals surface area contributed by atoms with Crippen LogP contribution >= 0.6 is 0 Å². The zero-order valence-electron chi connectivity index (χ0n) is 19.1. The minimum atomic E-state index is -0.513. The number of pyridine rings is 1. The highest BCUT2D eigenvalue weighted by Crippen LogP contribution is 2.22. The largest absolute Gasteiger partial charge is 0.465 e. The number of hydrogen-bond donors (Lipinski definition) is 1. The Morgan fingerprint density at radius 3 is 2.44 bits per heavy atom. The van der Waals surface area contributed by atoms with Crippen molar-refractivity contribution in [3.63, 3.8) is 0 Å². The van der Waals surface area contributed by atoms with Crippen LogP contribution in [-0.4, -0.2) is 35.9 Å². The molecule has 0 bridgehead atoms. The molecule has 172 valence electrons. The lowest BCUT2D eigenvalue weighted by Gasteiger charge is -2.19. The average molecular weight is 454 g/mol. The topological polar surface area (TPSA) is 81.6 Å². The smallest absolute Gasteiger partial charge is 0.250 e. The van der Waals surface area contributed by atoms with Crippen LogP contribution in [0.5, 0.6) is 11.6 Å². The number of carbonyl (C=O) groups excluding carboxylic acids is 1. The van der Waals surface area contributed by atoms with Gasteiger partial charge < -0.3 is 19.8 Å². The molecule has 4 rings (SSSR count). The number of furan rings is 1. The van der Waals surface area contributed by atoms with Crippen LogP contribution < -0.4 is 10.5 Å².